The molecule has 1 aromatic rings. The number of hydrogen-bond donors (Lipinski definition) is 3. The predicted molar refractivity (Wildman–Crippen MR) is 177 cm³/mol. The highest BCUT2D eigenvalue weighted by atomic mass is 16.6. The second-order valence-electron chi connectivity index (χ2n) is 15.5. The van der Waals surface area contributed by atoms with Gasteiger partial charge in [0.25, 0.3) is 6.47 Å². The Balaban J connectivity index is 1.55. The first-order chi connectivity index (χ1) is 22.3. The Labute approximate surface area is 281 Å². The van der Waals surface area contributed by atoms with Gasteiger partial charge in [0.2, 0.25) is 0 Å². The van der Waals surface area contributed by atoms with Crippen LogP contribution in [0, 0.1) is 11.8 Å². The third-order valence-electron chi connectivity index (χ3n) is 10.9. The molecule has 3 heterocycles. The number of ether oxygens (including phenoxy) is 4. The van der Waals surface area contributed by atoms with Crippen LogP contribution in [0.4, 0.5) is 0 Å². The topological polar surface area (TPSA) is 149 Å². The van der Waals surface area contributed by atoms with Crippen LogP contribution in [0.2, 0.25) is 0 Å². The van der Waals surface area contributed by atoms with Gasteiger partial charge < -0.3 is 34.3 Å². The Bertz CT molecular complexity index is 1720. The predicted octanol–water partition coefficient (Wildman–Crippen LogP) is 5.45. The van der Waals surface area contributed by atoms with Gasteiger partial charge in [0.05, 0.1) is 22.9 Å². The van der Waals surface area contributed by atoms with E-state index in [0.717, 1.165) is 5.57 Å². The summed E-state index contributed by atoms with van der Waals surface area (Å²) in [6.45, 7) is 14.6. The highest BCUT2D eigenvalue weighted by Gasteiger charge is 2.81. The molecule has 3 N–H and O–H groups in total. The van der Waals surface area contributed by atoms with Crippen molar-refractivity contribution in [2.75, 3.05) is 0 Å². The number of allylic oxidation sites excluding steroid dienone is 4. The lowest BCUT2D eigenvalue weighted by atomic mass is 9.51. The van der Waals surface area contributed by atoms with Gasteiger partial charge in [0.15, 0.2) is 22.8 Å². The number of aliphatic hydroxyl groups excluding tert-OH is 1. The Morgan fingerprint density at radius 2 is 1.83 bits per heavy atom. The van der Waals surface area contributed by atoms with Crippen molar-refractivity contribution in [3.63, 3.8) is 0 Å². The minimum Gasteiger partial charge on any atom is -0.506 e. The summed E-state index contributed by atoms with van der Waals surface area (Å²) in [6.07, 6.45) is 9.15. The molecule has 1 aromatic carbocycles. The molecule has 3 aliphatic carbocycles. The van der Waals surface area contributed by atoms with Crippen molar-refractivity contribution >= 4 is 24.1 Å². The molecule has 10 heteroatoms. The summed E-state index contributed by atoms with van der Waals surface area (Å²) >= 11 is 0. The molecule has 7 rings (SSSR count). The van der Waals surface area contributed by atoms with Gasteiger partial charge in [-0.3, -0.25) is 14.4 Å². The Morgan fingerprint density at radius 1 is 1.12 bits per heavy atom. The van der Waals surface area contributed by atoms with E-state index in [4.69, 9.17) is 18.9 Å². The van der Waals surface area contributed by atoms with Gasteiger partial charge in [-0.05, 0) is 99.3 Å². The number of aromatic hydroxyl groups is 1. The molecular weight excluding hydrogens is 616 g/mol. The molecule has 4 bridgehead atoms. The van der Waals surface area contributed by atoms with Crippen LogP contribution in [0.3, 0.4) is 0 Å². The van der Waals surface area contributed by atoms with Gasteiger partial charge in [0.1, 0.15) is 34.2 Å². The minimum atomic E-state index is -1.60. The Morgan fingerprint density at radius 3 is 2.48 bits per heavy atom. The van der Waals surface area contributed by atoms with Gasteiger partial charge in [-0.25, -0.2) is 0 Å². The molecule has 0 amide bonds. The van der Waals surface area contributed by atoms with E-state index in [2.05, 4.69) is 0 Å². The zero-order chi connectivity index (χ0) is 35.2. The van der Waals surface area contributed by atoms with E-state index in [1.807, 2.05) is 40.7 Å². The summed E-state index contributed by atoms with van der Waals surface area (Å²) in [5.41, 5.74) is -4.01. The number of rotatable bonds is 10. The fourth-order valence-corrected chi connectivity index (χ4v) is 8.33. The fourth-order valence-electron chi connectivity index (χ4n) is 8.33. The Kier molecular flexibility index (Phi) is 7.93. The highest BCUT2D eigenvalue weighted by molar-refractivity contribution is 6.19. The molecule has 1 spiro atoms. The van der Waals surface area contributed by atoms with E-state index < -0.39 is 51.7 Å². The molecule has 1 saturated carbocycles. The van der Waals surface area contributed by atoms with Gasteiger partial charge in [-0.1, -0.05) is 17.7 Å². The molecule has 4 unspecified atom stereocenters. The van der Waals surface area contributed by atoms with Crippen LogP contribution < -0.4 is 9.47 Å². The number of fused-ring (bicyclic) bond motifs is 2. The van der Waals surface area contributed by atoms with Crippen molar-refractivity contribution in [3.8, 4) is 17.2 Å². The molecule has 10 nitrogen and oxygen atoms in total. The number of hydrogen-bond acceptors (Lipinski definition) is 10. The minimum absolute atomic E-state index is 0.00293. The first-order valence-electron chi connectivity index (χ1n) is 16.6. The molecule has 6 aliphatic rings. The van der Waals surface area contributed by atoms with Gasteiger partial charge >= 0.3 is 0 Å². The quantitative estimate of drug-likeness (QED) is 0.168. The normalized spacial score (nSPS) is 31.5. The summed E-state index contributed by atoms with van der Waals surface area (Å²) in [5.74, 6) is -1.11. The first kappa shape index (κ1) is 34.1. The van der Waals surface area contributed by atoms with E-state index in [9.17, 15) is 29.7 Å². The van der Waals surface area contributed by atoms with E-state index in [1.165, 1.54) is 0 Å². The zero-order valence-corrected chi connectivity index (χ0v) is 28.9. The number of phenols is 1. The summed E-state index contributed by atoms with van der Waals surface area (Å²) < 4.78 is 25.6. The molecule has 2 fully saturated rings. The number of aliphatic hydroxyl groups is 2. The average molecular weight is 663 g/mol. The second kappa shape index (κ2) is 11.1. The van der Waals surface area contributed by atoms with E-state index in [0.29, 0.717) is 48.2 Å². The smallest absolute Gasteiger partial charge is 0.298 e. The third kappa shape index (κ3) is 4.90. The van der Waals surface area contributed by atoms with Gasteiger partial charge in [-0.2, -0.15) is 0 Å². The monoisotopic (exact) mass is 662 g/mol. The number of Topliss-reactive ketones (excluding diaryl/α,β-unsaturated/α-hetero) is 2. The molecule has 48 heavy (non-hydrogen) atoms. The number of phenolic OH excluding ortho intramolecular Hbond substituents is 1. The molecule has 258 valence electrons. The molecule has 6 atom stereocenters. The lowest BCUT2D eigenvalue weighted by Gasteiger charge is -2.56. The molecule has 0 radical (unpaired) electrons. The maximum atomic E-state index is 14.8. The molecule has 3 aliphatic heterocycles. The largest absolute Gasteiger partial charge is 0.506 e. The SMILES string of the molecule is CC(C)=CCc1c2c(c(O)c3c1O[C@]14C(=CC5CC1C(C)(C)OC4(CC=C(C)OC=O)C5=O)C3=O)C=C[C@](C)(CCC(O)C(C)(C)O)O2. The standard InChI is InChI=1S/C38H46O10/c1-20(2)9-10-24-31-23(12-14-36(8,46-31)15-13-27(40)34(4,5)44)29(41)28-30(42)25-17-22-18-26-35(6,7)48-37(33(22)43,16-11-21(3)45-19-39)38(25,26)47-32(24)28/h9,11-12,14,17,19,22,26-27,40-41,44H,10,13,15-16,18H2,1-8H3/t22?,26?,27?,36-,37?,38-/m1/s1. The number of ketones is 2. The van der Waals surface area contributed by atoms with Crippen molar-refractivity contribution < 1.29 is 48.7 Å². The van der Waals surface area contributed by atoms with Crippen LogP contribution in [0.25, 0.3) is 6.08 Å². The van der Waals surface area contributed by atoms with Crippen LogP contribution in [0.15, 0.2) is 41.2 Å². The maximum absolute atomic E-state index is 14.8. The highest BCUT2D eigenvalue weighted by Crippen LogP contribution is 2.68. The number of carbonyl (C=O) groups excluding carboxylic acids is 3. The van der Waals surface area contributed by atoms with Crippen molar-refractivity contribution in [2.45, 2.75) is 122 Å². The maximum Gasteiger partial charge on any atom is 0.298 e. The summed E-state index contributed by atoms with van der Waals surface area (Å²) in [7, 11) is 0. The first-order valence-corrected chi connectivity index (χ1v) is 16.6. The molecular formula is C38H46O10. The zero-order valence-electron chi connectivity index (χ0n) is 28.9. The third-order valence-corrected chi connectivity index (χ3v) is 10.9. The van der Waals surface area contributed by atoms with Gasteiger partial charge in [0, 0.05) is 29.4 Å². The van der Waals surface area contributed by atoms with Gasteiger partial charge in [-0.15, -0.1) is 0 Å². The van der Waals surface area contributed by atoms with Crippen LogP contribution in [-0.4, -0.2) is 67.5 Å². The van der Waals surface area contributed by atoms with Crippen LogP contribution in [0.1, 0.15) is 103 Å². The van der Waals surface area contributed by atoms with E-state index >= 15 is 0 Å². The van der Waals surface area contributed by atoms with Crippen molar-refractivity contribution in [3.05, 3.63) is 57.9 Å². The van der Waals surface area contributed by atoms with E-state index in [1.54, 1.807) is 45.1 Å². The van der Waals surface area contributed by atoms with E-state index in [-0.39, 0.29) is 41.4 Å². The number of benzene rings is 1. The Hall–Kier alpha value is -3.73. The summed E-state index contributed by atoms with van der Waals surface area (Å²) in [5, 5.41) is 32.7. The van der Waals surface area contributed by atoms with Crippen LogP contribution >= 0.6 is 0 Å². The lowest BCUT2D eigenvalue weighted by molar-refractivity contribution is -0.171. The molecule has 0 aromatic heterocycles. The van der Waals surface area contributed by atoms with Crippen LogP contribution in [0.5, 0.6) is 17.2 Å². The number of carbonyl (C=O) groups is 3. The molecule has 1 saturated heterocycles. The fraction of sp³-hybridized carbons (Fsp3) is 0.553. The van der Waals surface area contributed by atoms with Crippen molar-refractivity contribution in [1.29, 1.82) is 0 Å². The second-order valence-corrected chi connectivity index (χ2v) is 15.5. The van der Waals surface area contributed by atoms with Crippen molar-refractivity contribution in [1.82, 2.24) is 0 Å². The average Bonchev–Trinajstić information content (AvgIpc) is 3.15. The lowest BCUT2D eigenvalue weighted by Crippen LogP contribution is -2.72. The summed E-state index contributed by atoms with van der Waals surface area (Å²) in [4.78, 5) is 40.2. The van der Waals surface area contributed by atoms with Crippen molar-refractivity contribution in [2.24, 2.45) is 11.8 Å². The van der Waals surface area contributed by atoms with Crippen LogP contribution in [-0.2, 0) is 25.5 Å². The summed E-state index contributed by atoms with van der Waals surface area (Å²) in [6, 6.07) is 0.